The van der Waals surface area contributed by atoms with E-state index in [4.69, 9.17) is 0 Å². The van der Waals surface area contributed by atoms with E-state index < -0.39 is 0 Å². The summed E-state index contributed by atoms with van der Waals surface area (Å²) >= 11 is 0. The van der Waals surface area contributed by atoms with Gasteiger partial charge in [-0.2, -0.15) is 0 Å². The van der Waals surface area contributed by atoms with E-state index in [2.05, 4.69) is 85.8 Å². The number of hydrogen-bond acceptors (Lipinski definition) is 0. The van der Waals surface area contributed by atoms with Gasteiger partial charge >= 0.3 is 0 Å². The quantitative estimate of drug-likeness (QED) is 0.494. The van der Waals surface area contributed by atoms with Gasteiger partial charge in [0.25, 0.3) is 0 Å². The molecule has 0 amide bonds. The summed E-state index contributed by atoms with van der Waals surface area (Å²) in [5, 5.41) is 0. The van der Waals surface area contributed by atoms with Crippen molar-refractivity contribution in [2.24, 2.45) is 0 Å². The Labute approximate surface area is 129 Å². The number of rotatable bonds is 2. The minimum atomic E-state index is 0. The summed E-state index contributed by atoms with van der Waals surface area (Å²) in [7, 11) is 0. The fraction of sp³-hybridized carbons (Fsp3) is 0.143. The number of hydrogen-bond donors (Lipinski definition) is 0. The summed E-state index contributed by atoms with van der Waals surface area (Å²) in [6.45, 7) is 2.15. The van der Waals surface area contributed by atoms with Crippen LogP contribution in [0.3, 0.4) is 0 Å². The maximum Gasteiger partial charge on any atom is -0.0175 e. The van der Waals surface area contributed by atoms with Gasteiger partial charge in [-0.15, -0.1) is 0 Å². The summed E-state index contributed by atoms with van der Waals surface area (Å²) in [6, 6.07) is 27.8. The SMILES string of the molecule is C.C.Cc1cc(-c2ccccc2)cc(-c2ccccc2)c1. The van der Waals surface area contributed by atoms with Crippen molar-refractivity contribution >= 4 is 0 Å². The zero-order valence-electron chi connectivity index (χ0n) is 11.0. The average Bonchev–Trinajstić information content (AvgIpc) is 2.48. The van der Waals surface area contributed by atoms with E-state index in [1.54, 1.807) is 0 Å². The summed E-state index contributed by atoms with van der Waals surface area (Å²) in [4.78, 5) is 0. The van der Waals surface area contributed by atoms with E-state index in [0.717, 1.165) is 0 Å². The average molecular weight is 276 g/mol. The third kappa shape index (κ3) is 3.82. The molecule has 0 heterocycles. The molecule has 0 N–H and O–H groups in total. The Morgan fingerprint density at radius 3 is 1.24 bits per heavy atom. The monoisotopic (exact) mass is 276 g/mol. The van der Waals surface area contributed by atoms with E-state index >= 15 is 0 Å². The second-order valence-electron chi connectivity index (χ2n) is 4.82. The van der Waals surface area contributed by atoms with Crippen LogP contribution in [0, 0.1) is 6.92 Å². The fourth-order valence-electron chi connectivity index (χ4n) is 2.38. The van der Waals surface area contributed by atoms with Gasteiger partial charge in [0, 0.05) is 0 Å². The Bertz CT molecular complexity index is 609. The second kappa shape index (κ2) is 7.44. The molecule has 3 rings (SSSR count). The van der Waals surface area contributed by atoms with Crippen molar-refractivity contribution in [1.29, 1.82) is 0 Å². The first-order valence-electron chi connectivity index (χ1n) is 6.55. The van der Waals surface area contributed by atoms with Crippen LogP contribution >= 0.6 is 0 Å². The highest BCUT2D eigenvalue weighted by Gasteiger charge is 2.02. The van der Waals surface area contributed by atoms with Crippen LogP contribution in [0.1, 0.15) is 20.4 Å². The van der Waals surface area contributed by atoms with E-state index in [-0.39, 0.29) is 14.9 Å². The molecule has 0 spiro atoms. The van der Waals surface area contributed by atoms with Gasteiger partial charge in [-0.3, -0.25) is 0 Å². The largest absolute Gasteiger partial charge is 0.0776 e. The topological polar surface area (TPSA) is 0 Å². The zero-order chi connectivity index (χ0) is 13.1. The molecule has 0 unspecified atom stereocenters. The molecule has 21 heavy (non-hydrogen) atoms. The molecule has 0 aliphatic carbocycles. The Balaban J connectivity index is 0.00000110. The molecule has 0 bridgehead atoms. The second-order valence-corrected chi connectivity index (χ2v) is 4.82. The molecular weight excluding hydrogens is 252 g/mol. The standard InChI is InChI=1S/C19H16.2CH4/c1-15-12-18(16-8-4-2-5-9-16)14-19(13-15)17-10-6-3-7-11-17;;/h2-14H,1H3;2*1H4. The van der Waals surface area contributed by atoms with Crippen molar-refractivity contribution in [3.8, 4) is 22.3 Å². The van der Waals surface area contributed by atoms with E-state index in [1.807, 2.05) is 0 Å². The lowest BCUT2D eigenvalue weighted by Crippen LogP contribution is -1.84. The van der Waals surface area contributed by atoms with Crippen molar-refractivity contribution in [2.75, 3.05) is 0 Å². The molecule has 3 aromatic carbocycles. The van der Waals surface area contributed by atoms with Crippen molar-refractivity contribution in [2.45, 2.75) is 21.8 Å². The molecule has 0 saturated carbocycles. The Morgan fingerprint density at radius 2 is 0.857 bits per heavy atom. The van der Waals surface area contributed by atoms with Crippen molar-refractivity contribution in [3.63, 3.8) is 0 Å². The van der Waals surface area contributed by atoms with Gasteiger partial charge in [-0.05, 0) is 40.8 Å². The molecule has 0 heteroatoms. The van der Waals surface area contributed by atoms with Gasteiger partial charge in [0.05, 0.1) is 0 Å². The highest BCUT2D eigenvalue weighted by atomic mass is 14.1. The molecule has 0 atom stereocenters. The van der Waals surface area contributed by atoms with Crippen LogP contribution in [0.25, 0.3) is 22.3 Å². The van der Waals surface area contributed by atoms with Gasteiger partial charge < -0.3 is 0 Å². The lowest BCUT2D eigenvalue weighted by Gasteiger charge is -2.08. The third-order valence-electron chi connectivity index (χ3n) is 3.29. The first-order chi connectivity index (χ1) is 9.33. The van der Waals surface area contributed by atoms with Crippen LogP contribution in [-0.4, -0.2) is 0 Å². The third-order valence-corrected chi connectivity index (χ3v) is 3.29. The first-order valence-corrected chi connectivity index (χ1v) is 6.55. The molecule has 0 aromatic heterocycles. The predicted octanol–water partition coefficient (Wildman–Crippen LogP) is 6.60. The smallest absolute Gasteiger partial charge is 0.0175 e. The van der Waals surface area contributed by atoms with E-state index in [9.17, 15) is 0 Å². The maximum absolute atomic E-state index is 2.26. The van der Waals surface area contributed by atoms with Crippen LogP contribution < -0.4 is 0 Å². The van der Waals surface area contributed by atoms with Gasteiger partial charge in [-0.25, -0.2) is 0 Å². The predicted molar refractivity (Wildman–Crippen MR) is 95.5 cm³/mol. The molecule has 0 aliphatic heterocycles. The highest BCUT2D eigenvalue weighted by Crippen LogP contribution is 2.27. The Hall–Kier alpha value is -2.34. The molecular formula is C21H24. The molecule has 0 radical (unpaired) electrons. The molecule has 0 nitrogen and oxygen atoms in total. The molecule has 0 aliphatic rings. The van der Waals surface area contributed by atoms with Gasteiger partial charge in [0.1, 0.15) is 0 Å². The lowest BCUT2D eigenvalue weighted by atomic mass is 9.97. The Kier molecular flexibility index (Phi) is 5.92. The zero-order valence-corrected chi connectivity index (χ0v) is 11.0. The highest BCUT2D eigenvalue weighted by molar-refractivity contribution is 5.74. The first kappa shape index (κ1) is 16.7. The van der Waals surface area contributed by atoms with Crippen LogP contribution in [0.15, 0.2) is 78.9 Å². The molecule has 108 valence electrons. The van der Waals surface area contributed by atoms with E-state index in [1.165, 1.54) is 27.8 Å². The minimum Gasteiger partial charge on any atom is -0.0776 e. The maximum atomic E-state index is 2.26. The molecule has 0 fully saturated rings. The van der Waals surface area contributed by atoms with Gasteiger partial charge in [-0.1, -0.05) is 87.6 Å². The number of aryl methyl sites for hydroxylation is 1. The van der Waals surface area contributed by atoms with Crippen LogP contribution in [0.5, 0.6) is 0 Å². The molecule has 0 saturated heterocycles. The summed E-state index contributed by atoms with van der Waals surface area (Å²) in [5.74, 6) is 0. The van der Waals surface area contributed by atoms with Crippen molar-refractivity contribution in [1.82, 2.24) is 0 Å². The summed E-state index contributed by atoms with van der Waals surface area (Å²) in [5.41, 5.74) is 6.38. The van der Waals surface area contributed by atoms with Crippen LogP contribution in [0.2, 0.25) is 0 Å². The van der Waals surface area contributed by atoms with Crippen molar-refractivity contribution in [3.05, 3.63) is 84.4 Å². The molecule has 3 aromatic rings. The lowest BCUT2D eigenvalue weighted by molar-refractivity contribution is 1.46. The van der Waals surface area contributed by atoms with Crippen LogP contribution in [-0.2, 0) is 0 Å². The summed E-state index contributed by atoms with van der Waals surface area (Å²) in [6.07, 6.45) is 0. The number of benzene rings is 3. The summed E-state index contributed by atoms with van der Waals surface area (Å²) < 4.78 is 0. The Morgan fingerprint density at radius 1 is 0.476 bits per heavy atom. The van der Waals surface area contributed by atoms with Crippen LogP contribution in [0.4, 0.5) is 0 Å². The normalized spacial score (nSPS) is 9.38. The van der Waals surface area contributed by atoms with Gasteiger partial charge in [0.15, 0.2) is 0 Å². The van der Waals surface area contributed by atoms with E-state index in [0.29, 0.717) is 0 Å². The van der Waals surface area contributed by atoms with Gasteiger partial charge in [0.2, 0.25) is 0 Å². The fourth-order valence-corrected chi connectivity index (χ4v) is 2.38. The minimum absolute atomic E-state index is 0. The van der Waals surface area contributed by atoms with Crippen molar-refractivity contribution < 1.29 is 0 Å².